The first kappa shape index (κ1) is 12.8. The average molecular weight is 262 g/mol. The van der Waals surface area contributed by atoms with E-state index < -0.39 is 0 Å². The number of rotatable bonds is 5. The molecule has 0 atom stereocenters. The van der Waals surface area contributed by atoms with Crippen LogP contribution in [0.25, 0.3) is 0 Å². The Labute approximate surface area is 114 Å². The number of hydrogen-bond donors (Lipinski definition) is 1. The Balaban J connectivity index is 1.69. The van der Waals surface area contributed by atoms with Crippen LogP contribution in [-0.2, 0) is 6.42 Å². The third-order valence-electron chi connectivity index (χ3n) is 4.00. The lowest BCUT2D eigenvalue weighted by molar-refractivity contribution is 0.0369. The van der Waals surface area contributed by atoms with Gasteiger partial charge in [0.1, 0.15) is 6.10 Å². The smallest absolute Gasteiger partial charge is 0.161 e. The van der Waals surface area contributed by atoms with E-state index >= 15 is 0 Å². The van der Waals surface area contributed by atoms with Gasteiger partial charge in [-0.15, -0.1) is 0 Å². The highest BCUT2D eigenvalue weighted by Crippen LogP contribution is 2.38. The molecule has 4 heteroatoms. The molecule has 1 aliphatic carbocycles. The van der Waals surface area contributed by atoms with E-state index in [0.29, 0.717) is 0 Å². The van der Waals surface area contributed by atoms with Crippen molar-refractivity contribution in [3.63, 3.8) is 0 Å². The summed E-state index contributed by atoms with van der Waals surface area (Å²) < 4.78 is 11.4. The Morgan fingerprint density at radius 2 is 2.05 bits per heavy atom. The fourth-order valence-corrected chi connectivity index (χ4v) is 2.56. The summed E-state index contributed by atoms with van der Waals surface area (Å²) >= 11 is 0. The van der Waals surface area contributed by atoms with Gasteiger partial charge in [-0.1, -0.05) is 6.07 Å². The van der Waals surface area contributed by atoms with Crippen molar-refractivity contribution >= 4 is 0 Å². The van der Waals surface area contributed by atoms with Crippen molar-refractivity contribution in [2.24, 2.45) is 5.73 Å². The van der Waals surface area contributed by atoms with Crippen LogP contribution in [0.2, 0.25) is 0 Å². The van der Waals surface area contributed by atoms with Gasteiger partial charge in [0.15, 0.2) is 11.5 Å². The molecule has 0 unspecified atom stereocenters. The molecule has 3 rings (SSSR count). The van der Waals surface area contributed by atoms with Gasteiger partial charge in [0.25, 0.3) is 0 Å². The molecule has 1 heterocycles. The third-order valence-corrected chi connectivity index (χ3v) is 4.00. The van der Waals surface area contributed by atoms with Crippen molar-refractivity contribution in [3.05, 3.63) is 23.8 Å². The monoisotopic (exact) mass is 262 g/mol. The third kappa shape index (κ3) is 2.85. The molecule has 0 aromatic heterocycles. The molecule has 19 heavy (non-hydrogen) atoms. The molecule has 0 spiro atoms. The minimum absolute atomic E-state index is 0.0318. The Hall–Kier alpha value is -1.26. The fourth-order valence-electron chi connectivity index (χ4n) is 2.56. The zero-order valence-electron chi connectivity index (χ0n) is 11.7. The molecule has 1 saturated heterocycles. The van der Waals surface area contributed by atoms with Crippen molar-refractivity contribution in [1.29, 1.82) is 0 Å². The summed E-state index contributed by atoms with van der Waals surface area (Å²) in [5.74, 6) is 1.66. The van der Waals surface area contributed by atoms with Crippen LogP contribution in [0.5, 0.6) is 11.5 Å². The van der Waals surface area contributed by atoms with Gasteiger partial charge in [0, 0.05) is 18.6 Å². The van der Waals surface area contributed by atoms with Crippen LogP contribution in [0, 0.1) is 0 Å². The standard InChI is InChI=1S/C15H22N2O2/c1-17-9-12(10-17)19-13-4-3-11(7-14(13)18-2)8-15(16)5-6-15/h3-4,7,12H,5-6,8-10,16H2,1-2H3. The van der Waals surface area contributed by atoms with Crippen molar-refractivity contribution in [3.8, 4) is 11.5 Å². The number of nitrogens with two attached hydrogens (primary N) is 1. The maximum absolute atomic E-state index is 6.16. The van der Waals surface area contributed by atoms with Crippen molar-refractivity contribution < 1.29 is 9.47 Å². The zero-order valence-corrected chi connectivity index (χ0v) is 11.7. The van der Waals surface area contributed by atoms with Gasteiger partial charge >= 0.3 is 0 Å². The van der Waals surface area contributed by atoms with Crippen LogP contribution < -0.4 is 15.2 Å². The molecule has 0 amide bonds. The molecule has 0 radical (unpaired) electrons. The summed E-state index contributed by atoms with van der Waals surface area (Å²) in [7, 11) is 3.78. The van der Waals surface area contributed by atoms with Gasteiger partial charge < -0.3 is 15.2 Å². The molecule has 1 aliphatic heterocycles. The lowest BCUT2D eigenvalue weighted by Gasteiger charge is -2.36. The molecular formula is C15H22N2O2. The summed E-state index contributed by atoms with van der Waals surface area (Å²) in [5.41, 5.74) is 7.42. The van der Waals surface area contributed by atoms with Gasteiger partial charge in [0.05, 0.1) is 7.11 Å². The summed E-state index contributed by atoms with van der Waals surface area (Å²) in [6.07, 6.45) is 3.47. The van der Waals surface area contributed by atoms with E-state index in [4.69, 9.17) is 15.2 Å². The fraction of sp³-hybridized carbons (Fsp3) is 0.600. The SMILES string of the molecule is COc1cc(CC2(N)CC2)ccc1OC1CN(C)C1. The van der Waals surface area contributed by atoms with Crippen LogP contribution in [0.4, 0.5) is 0 Å². The molecule has 104 valence electrons. The van der Waals surface area contributed by atoms with Crippen LogP contribution in [-0.4, -0.2) is 43.8 Å². The van der Waals surface area contributed by atoms with Gasteiger partial charge in [-0.05, 0) is 44.0 Å². The Morgan fingerprint density at radius 3 is 2.63 bits per heavy atom. The molecule has 1 aromatic carbocycles. The number of nitrogens with zero attached hydrogens (tertiary/aromatic N) is 1. The second kappa shape index (κ2) is 4.69. The van der Waals surface area contributed by atoms with E-state index in [1.807, 2.05) is 6.07 Å². The summed E-state index contributed by atoms with van der Waals surface area (Å²) in [4.78, 5) is 2.23. The molecule has 2 N–H and O–H groups in total. The molecule has 2 aliphatic rings. The largest absolute Gasteiger partial charge is 0.493 e. The van der Waals surface area contributed by atoms with Crippen molar-refractivity contribution in [1.82, 2.24) is 4.90 Å². The first-order valence-corrected chi connectivity index (χ1v) is 6.89. The van der Waals surface area contributed by atoms with Crippen LogP contribution in [0.3, 0.4) is 0 Å². The van der Waals surface area contributed by atoms with Crippen LogP contribution in [0.15, 0.2) is 18.2 Å². The van der Waals surface area contributed by atoms with E-state index in [9.17, 15) is 0 Å². The number of ether oxygens (including phenoxy) is 2. The molecule has 1 aromatic rings. The average Bonchev–Trinajstić information content (AvgIpc) is 3.06. The van der Waals surface area contributed by atoms with Crippen LogP contribution >= 0.6 is 0 Å². The minimum Gasteiger partial charge on any atom is -0.493 e. The van der Waals surface area contributed by atoms with Gasteiger partial charge in [-0.2, -0.15) is 0 Å². The molecule has 2 fully saturated rings. The van der Waals surface area contributed by atoms with E-state index in [1.165, 1.54) is 5.56 Å². The Morgan fingerprint density at radius 1 is 1.32 bits per heavy atom. The number of benzene rings is 1. The highest BCUT2D eigenvalue weighted by molar-refractivity contribution is 5.44. The first-order chi connectivity index (χ1) is 9.08. The Bertz CT molecular complexity index is 465. The predicted octanol–water partition coefficient (Wildman–Crippen LogP) is 1.42. The van der Waals surface area contributed by atoms with E-state index in [0.717, 1.165) is 43.9 Å². The van der Waals surface area contributed by atoms with E-state index in [1.54, 1.807) is 7.11 Å². The molecule has 1 saturated carbocycles. The number of methoxy groups -OCH3 is 1. The maximum atomic E-state index is 6.16. The second-order valence-electron chi connectivity index (χ2n) is 5.99. The quantitative estimate of drug-likeness (QED) is 0.872. The zero-order chi connectivity index (χ0) is 13.5. The maximum Gasteiger partial charge on any atom is 0.161 e. The second-order valence-corrected chi connectivity index (χ2v) is 5.99. The van der Waals surface area contributed by atoms with Gasteiger partial charge in [0.2, 0.25) is 0 Å². The Kier molecular flexibility index (Phi) is 3.15. The van der Waals surface area contributed by atoms with Crippen molar-refractivity contribution in [2.75, 3.05) is 27.2 Å². The summed E-state index contributed by atoms with van der Waals surface area (Å²) in [6, 6.07) is 6.18. The predicted molar refractivity (Wildman–Crippen MR) is 74.8 cm³/mol. The van der Waals surface area contributed by atoms with Crippen molar-refractivity contribution in [2.45, 2.75) is 30.9 Å². The first-order valence-electron chi connectivity index (χ1n) is 6.89. The number of hydrogen-bond acceptors (Lipinski definition) is 4. The van der Waals surface area contributed by atoms with E-state index in [-0.39, 0.29) is 11.6 Å². The highest BCUT2D eigenvalue weighted by atomic mass is 16.5. The highest BCUT2D eigenvalue weighted by Gasteiger charge is 2.38. The number of likely N-dealkylation sites (N-methyl/N-ethyl adjacent to an activating group) is 1. The van der Waals surface area contributed by atoms with Gasteiger partial charge in [-0.3, -0.25) is 4.90 Å². The topological polar surface area (TPSA) is 47.7 Å². The lowest BCUT2D eigenvalue weighted by Crippen LogP contribution is -2.51. The van der Waals surface area contributed by atoms with Gasteiger partial charge in [-0.25, -0.2) is 0 Å². The lowest BCUT2D eigenvalue weighted by atomic mass is 10.0. The molecule has 0 bridgehead atoms. The summed E-state index contributed by atoms with van der Waals surface area (Å²) in [6.45, 7) is 1.97. The minimum atomic E-state index is 0.0318. The van der Waals surface area contributed by atoms with E-state index in [2.05, 4.69) is 24.1 Å². The normalized spacial score (nSPS) is 21.8. The molecule has 4 nitrogen and oxygen atoms in total. The summed E-state index contributed by atoms with van der Waals surface area (Å²) in [5, 5.41) is 0. The number of likely N-dealkylation sites (tertiary alicyclic amines) is 1. The van der Waals surface area contributed by atoms with Crippen LogP contribution in [0.1, 0.15) is 18.4 Å². The molecular weight excluding hydrogens is 240 g/mol.